The van der Waals surface area contributed by atoms with Crippen molar-refractivity contribution in [1.29, 1.82) is 0 Å². The second kappa shape index (κ2) is 4.61. The molecule has 0 spiro atoms. The van der Waals surface area contributed by atoms with Gasteiger partial charge in [0.25, 0.3) is 5.91 Å². The Morgan fingerprint density at radius 2 is 2.39 bits per heavy atom. The molecule has 3 rings (SSSR count). The van der Waals surface area contributed by atoms with E-state index >= 15 is 0 Å². The van der Waals surface area contributed by atoms with Crippen LogP contribution in [0.15, 0.2) is 18.2 Å². The summed E-state index contributed by atoms with van der Waals surface area (Å²) in [6.07, 6.45) is 2.89. The number of rotatable bonds is 2. The van der Waals surface area contributed by atoms with E-state index < -0.39 is 0 Å². The summed E-state index contributed by atoms with van der Waals surface area (Å²) in [5.41, 5.74) is 3.12. The highest BCUT2D eigenvalue weighted by atomic mass is 16.3. The fourth-order valence-corrected chi connectivity index (χ4v) is 2.90. The second-order valence-corrected chi connectivity index (χ2v) is 5.03. The highest BCUT2D eigenvalue weighted by molar-refractivity contribution is 5.95. The first-order valence-corrected chi connectivity index (χ1v) is 6.58. The van der Waals surface area contributed by atoms with Crippen molar-refractivity contribution in [3.05, 3.63) is 29.3 Å². The van der Waals surface area contributed by atoms with Gasteiger partial charge in [-0.1, -0.05) is 0 Å². The van der Waals surface area contributed by atoms with E-state index in [9.17, 15) is 9.90 Å². The molecule has 4 heteroatoms. The van der Waals surface area contributed by atoms with Crippen LogP contribution in [0.2, 0.25) is 0 Å². The molecule has 1 amide bonds. The van der Waals surface area contributed by atoms with Gasteiger partial charge in [0.05, 0.1) is 12.6 Å². The van der Waals surface area contributed by atoms with E-state index in [1.54, 1.807) is 0 Å². The number of hydrogen-bond acceptors (Lipinski definition) is 3. The highest BCUT2D eigenvalue weighted by Gasteiger charge is 2.29. The quantitative estimate of drug-likeness (QED) is 0.826. The minimum atomic E-state index is 0.00359. The molecule has 0 aromatic heterocycles. The van der Waals surface area contributed by atoms with Crippen LogP contribution in [0.4, 0.5) is 5.69 Å². The Labute approximate surface area is 107 Å². The fraction of sp³-hybridized carbons (Fsp3) is 0.500. The monoisotopic (exact) mass is 246 g/mol. The average molecular weight is 246 g/mol. The summed E-state index contributed by atoms with van der Waals surface area (Å²) in [6.45, 7) is 1.79. The maximum Gasteiger partial charge on any atom is 0.254 e. The number of likely N-dealkylation sites (tertiary alicyclic amines) is 1. The number of aliphatic hydroxyl groups is 1. The van der Waals surface area contributed by atoms with Gasteiger partial charge in [-0.2, -0.15) is 0 Å². The molecule has 1 saturated heterocycles. The Bertz CT molecular complexity index is 473. The molecule has 2 aliphatic rings. The zero-order chi connectivity index (χ0) is 12.5. The lowest BCUT2D eigenvalue weighted by atomic mass is 10.1. The smallest absolute Gasteiger partial charge is 0.254 e. The number of nitrogens with zero attached hydrogens (tertiary/aromatic N) is 1. The van der Waals surface area contributed by atoms with Crippen molar-refractivity contribution >= 4 is 11.6 Å². The van der Waals surface area contributed by atoms with Gasteiger partial charge in [0, 0.05) is 24.3 Å². The van der Waals surface area contributed by atoms with Gasteiger partial charge >= 0.3 is 0 Å². The molecule has 1 atom stereocenters. The summed E-state index contributed by atoms with van der Waals surface area (Å²) in [6, 6.07) is 5.86. The molecule has 4 nitrogen and oxygen atoms in total. The van der Waals surface area contributed by atoms with Gasteiger partial charge in [-0.15, -0.1) is 0 Å². The summed E-state index contributed by atoms with van der Waals surface area (Å²) in [7, 11) is 0. The van der Waals surface area contributed by atoms with Crippen molar-refractivity contribution in [1.82, 2.24) is 4.90 Å². The molecule has 2 heterocycles. The summed E-state index contributed by atoms with van der Waals surface area (Å²) in [4.78, 5) is 14.2. The normalized spacial score (nSPS) is 21.8. The third-order valence-electron chi connectivity index (χ3n) is 3.91. The summed E-state index contributed by atoms with van der Waals surface area (Å²) in [5.74, 6) is 0.0567. The topological polar surface area (TPSA) is 52.6 Å². The van der Waals surface area contributed by atoms with Crippen LogP contribution in [0.3, 0.4) is 0 Å². The number of carbonyl (C=O) groups is 1. The molecule has 0 saturated carbocycles. The van der Waals surface area contributed by atoms with Gasteiger partial charge in [0.15, 0.2) is 0 Å². The first kappa shape index (κ1) is 11.5. The maximum atomic E-state index is 12.4. The number of fused-ring (bicyclic) bond motifs is 1. The Balaban J connectivity index is 1.84. The predicted molar refractivity (Wildman–Crippen MR) is 69.8 cm³/mol. The largest absolute Gasteiger partial charge is 0.394 e. The fourth-order valence-electron chi connectivity index (χ4n) is 2.90. The molecule has 1 fully saturated rings. The maximum absolute atomic E-state index is 12.4. The lowest BCUT2D eigenvalue weighted by molar-refractivity contribution is 0.0677. The lowest BCUT2D eigenvalue weighted by Crippen LogP contribution is -2.37. The first-order valence-electron chi connectivity index (χ1n) is 6.58. The highest BCUT2D eigenvalue weighted by Crippen LogP contribution is 2.25. The summed E-state index contributed by atoms with van der Waals surface area (Å²) >= 11 is 0. The van der Waals surface area contributed by atoms with Crippen molar-refractivity contribution < 1.29 is 9.90 Å². The molecule has 0 bridgehead atoms. The molecule has 0 radical (unpaired) electrons. The van der Waals surface area contributed by atoms with Gasteiger partial charge in [0.2, 0.25) is 0 Å². The van der Waals surface area contributed by atoms with Crippen molar-refractivity contribution in [2.45, 2.75) is 25.3 Å². The molecule has 0 unspecified atom stereocenters. The number of anilines is 1. The summed E-state index contributed by atoms with van der Waals surface area (Å²) < 4.78 is 0. The number of aliphatic hydroxyl groups excluding tert-OH is 1. The number of benzene rings is 1. The van der Waals surface area contributed by atoms with E-state index in [-0.39, 0.29) is 18.6 Å². The zero-order valence-electron chi connectivity index (χ0n) is 10.4. The SMILES string of the molecule is O=C(c1ccc2c(c1)CCN2)N1CCC[C@H]1CO. The van der Waals surface area contributed by atoms with Crippen molar-refractivity contribution in [3.63, 3.8) is 0 Å². The molecule has 96 valence electrons. The van der Waals surface area contributed by atoms with E-state index in [0.29, 0.717) is 0 Å². The third-order valence-corrected chi connectivity index (χ3v) is 3.91. The molecule has 18 heavy (non-hydrogen) atoms. The van der Waals surface area contributed by atoms with E-state index in [1.165, 1.54) is 5.56 Å². The van der Waals surface area contributed by atoms with Crippen LogP contribution in [-0.2, 0) is 6.42 Å². The second-order valence-electron chi connectivity index (χ2n) is 5.03. The third kappa shape index (κ3) is 1.86. The molecule has 2 aliphatic heterocycles. The van der Waals surface area contributed by atoms with Crippen LogP contribution in [-0.4, -0.2) is 41.7 Å². The Kier molecular flexibility index (Phi) is 2.96. The molecular formula is C14H18N2O2. The van der Waals surface area contributed by atoms with E-state index in [1.807, 2.05) is 23.1 Å². The van der Waals surface area contributed by atoms with Crippen LogP contribution in [0.5, 0.6) is 0 Å². The molecular weight excluding hydrogens is 228 g/mol. The standard InChI is InChI=1S/C14H18N2O2/c17-9-12-2-1-7-16(12)14(18)11-3-4-13-10(8-11)5-6-15-13/h3-4,8,12,15,17H,1-2,5-7,9H2/t12-/m0/s1. The number of carbonyl (C=O) groups excluding carboxylic acids is 1. The number of hydrogen-bond donors (Lipinski definition) is 2. The van der Waals surface area contributed by atoms with Crippen LogP contribution < -0.4 is 5.32 Å². The van der Waals surface area contributed by atoms with Crippen LogP contribution >= 0.6 is 0 Å². The Hall–Kier alpha value is -1.55. The molecule has 1 aromatic rings. The van der Waals surface area contributed by atoms with Crippen LogP contribution in [0, 0.1) is 0 Å². The number of amides is 1. The molecule has 0 aliphatic carbocycles. The minimum absolute atomic E-state index is 0.00359. The molecule has 1 aromatic carbocycles. The minimum Gasteiger partial charge on any atom is -0.394 e. The average Bonchev–Trinajstić information content (AvgIpc) is 3.05. The zero-order valence-corrected chi connectivity index (χ0v) is 10.4. The van der Waals surface area contributed by atoms with Gasteiger partial charge in [-0.3, -0.25) is 4.79 Å². The van der Waals surface area contributed by atoms with Gasteiger partial charge in [-0.05, 0) is 43.0 Å². The lowest BCUT2D eigenvalue weighted by Gasteiger charge is -2.23. The molecule has 2 N–H and O–H groups in total. The Morgan fingerprint density at radius 3 is 3.22 bits per heavy atom. The van der Waals surface area contributed by atoms with Crippen LogP contribution in [0.1, 0.15) is 28.8 Å². The predicted octanol–water partition coefficient (Wildman–Crippen LogP) is 1.25. The Morgan fingerprint density at radius 1 is 1.50 bits per heavy atom. The van der Waals surface area contributed by atoms with Crippen molar-refractivity contribution in [2.75, 3.05) is 25.0 Å². The van der Waals surface area contributed by atoms with E-state index in [4.69, 9.17) is 0 Å². The number of nitrogens with one attached hydrogen (secondary N) is 1. The van der Waals surface area contributed by atoms with Crippen molar-refractivity contribution in [3.8, 4) is 0 Å². The van der Waals surface area contributed by atoms with Gasteiger partial charge in [0.1, 0.15) is 0 Å². The van der Waals surface area contributed by atoms with Crippen LogP contribution in [0.25, 0.3) is 0 Å². The first-order chi connectivity index (χ1) is 8.79. The summed E-state index contributed by atoms with van der Waals surface area (Å²) in [5, 5.41) is 12.6. The van der Waals surface area contributed by atoms with Gasteiger partial charge < -0.3 is 15.3 Å². The van der Waals surface area contributed by atoms with Gasteiger partial charge in [-0.25, -0.2) is 0 Å². The van der Waals surface area contributed by atoms with E-state index in [2.05, 4.69) is 5.32 Å². The van der Waals surface area contributed by atoms with Crippen molar-refractivity contribution in [2.24, 2.45) is 0 Å². The van der Waals surface area contributed by atoms with E-state index in [0.717, 1.165) is 43.6 Å².